The molecule has 1 atom stereocenters. The summed E-state index contributed by atoms with van der Waals surface area (Å²) >= 11 is 7.91. The van der Waals surface area contributed by atoms with Crippen molar-refractivity contribution in [3.8, 4) is 5.75 Å². The molecule has 2 aromatic carbocycles. The lowest BCUT2D eigenvalue weighted by Gasteiger charge is -2.13. The van der Waals surface area contributed by atoms with Crippen molar-refractivity contribution in [1.82, 2.24) is 4.98 Å². The number of para-hydroxylation sites is 1. The van der Waals surface area contributed by atoms with Gasteiger partial charge in [0, 0.05) is 12.5 Å². The first-order chi connectivity index (χ1) is 10.7. The van der Waals surface area contributed by atoms with E-state index in [1.807, 2.05) is 36.4 Å². The van der Waals surface area contributed by atoms with E-state index >= 15 is 0 Å². The number of hydrogen-bond donors (Lipinski definition) is 1. The largest absolute Gasteiger partial charge is 0.495 e. The molecule has 1 heterocycles. The number of hydrogen-bond acceptors (Lipinski definition) is 4. The summed E-state index contributed by atoms with van der Waals surface area (Å²) in [5.74, 6) is 0.886. The van der Waals surface area contributed by atoms with Crippen LogP contribution in [-0.4, -0.2) is 18.6 Å². The van der Waals surface area contributed by atoms with Crippen LogP contribution in [0, 0.1) is 0 Å². The Morgan fingerprint density at radius 3 is 2.77 bits per heavy atom. The molecule has 0 spiro atoms. The van der Waals surface area contributed by atoms with Crippen LogP contribution in [0.5, 0.6) is 5.75 Å². The minimum Gasteiger partial charge on any atom is -0.495 e. The van der Waals surface area contributed by atoms with Crippen LogP contribution >= 0.6 is 22.9 Å². The van der Waals surface area contributed by atoms with E-state index in [9.17, 15) is 0 Å². The summed E-state index contributed by atoms with van der Waals surface area (Å²) in [6.45, 7) is 0.559. The normalized spacial score (nSPS) is 12.5. The van der Waals surface area contributed by atoms with Crippen LogP contribution < -0.4 is 10.5 Å². The summed E-state index contributed by atoms with van der Waals surface area (Å²) in [4.78, 5) is 4.72. The van der Waals surface area contributed by atoms with Crippen LogP contribution in [0.1, 0.15) is 16.5 Å². The number of halogens is 1. The Balaban J connectivity index is 1.86. The number of nitrogens with two attached hydrogens (primary N) is 1. The second-order valence-corrected chi connectivity index (χ2v) is 6.59. The third-order valence-corrected chi connectivity index (χ3v) is 5.14. The van der Waals surface area contributed by atoms with Gasteiger partial charge in [-0.2, -0.15) is 0 Å². The van der Waals surface area contributed by atoms with Gasteiger partial charge < -0.3 is 10.5 Å². The Bertz CT molecular complexity index is 754. The number of fused-ring (bicyclic) bond motifs is 1. The van der Waals surface area contributed by atoms with E-state index in [1.54, 1.807) is 18.4 Å². The Kier molecular flexibility index (Phi) is 4.62. The zero-order valence-electron chi connectivity index (χ0n) is 12.3. The third-order valence-electron chi connectivity index (χ3n) is 3.64. The summed E-state index contributed by atoms with van der Waals surface area (Å²) < 4.78 is 6.39. The molecule has 1 unspecified atom stereocenters. The first-order valence-electron chi connectivity index (χ1n) is 7.09. The molecule has 3 aromatic rings. The van der Waals surface area contributed by atoms with E-state index < -0.39 is 0 Å². The fraction of sp³-hybridized carbons (Fsp3) is 0.235. The first kappa shape index (κ1) is 15.3. The highest BCUT2D eigenvalue weighted by atomic mass is 35.5. The SMILES string of the molecule is COc1ccc(CC(CN)c2nc3ccccc3s2)cc1Cl. The molecule has 0 aliphatic rings. The van der Waals surface area contributed by atoms with Crippen LogP contribution in [0.15, 0.2) is 42.5 Å². The van der Waals surface area contributed by atoms with Gasteiger partial charge in [0.1, 0.15) is 5.75 Å². The molecule has 1 aromatic heterocycles. The molecule has 3 rings (SSSR count). The number of aromatic nitrogens is 1. The van der Waals surface area contributed by atoms with Crippen molar-refractivity contribution in [2.45, 2.75) is 12.3 Å². The monoisotopic (exact) mass is 332 g/mol. The van der Waals surface area contributed by atoms with Crippen molar-refractivity contribution in [3.05, 3.63) is 58.1 Å². The maximum atomic E-state index is 6.20. The molecule has 0 radical (unpaired) electrons. The number of methoxy groups -OCH3 is 1. The second kappa shape index (κ2) is 6.65. The lowest BCUT2D eigenvalue weighted by molar-refractivity contribution is 0.415. The van der Waals surface area contributed by atoms with Gasteiger partial charge in [-0.3, -0.25) is 0 Å². The van der Waals surface area contributed by atoms with Crippen LogP contribution in [0.25, 0.3) is 10.2 Å². The van der Waals surface area contributed by atoms with Gasteiger partial charge >= 0.3 is 0 Å². The molecule has 2 N–H and O–H groups in total. The summed E-state index contributed by atoms with van der Waals surface area (Å²) in [5, 5.41) is 1.70. The summed E-state index contributed by atoms with van der Waals surface area (Å²) in [7, 11) is 1.62. The Morgan fingerprint density at radius 1 is 1.27 bits per heavy atom. The maximum absolute atomic E-state index is 6.20. The summed E-state index contributed by atoms with van der Waals surface area (Å²) in [5.41, 5.74) is 8.15. The minimum atomic E-state index is 0.196. The number of benzene rings is 2. The fourth-order valence-electron chi connectivity index (χ4n) is 2.46. The molecule has 5 heteroatoms. The van der Waals surface area contributed by atoms with Crippen LogP contribution in [0.3, 0.4) is 0 Å². The van der Waals surface area contributed by atoms with Crippen molar-refractivity contribution in [2.24, 2.45) is 5.73 Å². The quantitative estimate of drug-likeness (QED) is 0.760. The molecule has 0 aliphatic heterocycles. The molecule has 0 fully saturated rings. The van der Waals surface area contributed by atoms with Gasteiger partial charge in [0.25, 0.3) is 0 Å². The zero-order chi connectivity index (χ0) is 15.5. The molecule has 0 aliphatic carbocycles. The molecular formula is C17H17ClN2OS. The van der Waals surface area contributed by atoms with Crippen molar-refractivity contribution in [2.75, 3.05) is 13.7 Å². The van der Waals surface area contributed by atoms with E-state index in [0.717, 1.165) is 22.5 Å². The number of thiazole rings is 1. The van der Waals surface area contributed by atoms with Crippen molar-refractivity contribution < 1.29 is 4.74 Å². The molecule has 3 nitrogen and oxygen atoms in total. The smallest absolute Gasteiger partial charge is 0.137 e. The van der Waals surface area contributed by atoms with Crippen molar-refractivity contribution in [3.63, 3.8) is 0 Å². The second-order valence-electron chi connectivity index (χ2n) is 5.13. The fourth-order valence-corrected chi connectivity index (χ4v) is 3.82. The molecule has 0 saturated heterocycles. The third kappa shape index (κ3) is 3.09. The Hall–Kier alpha value is -1.62. The van der Waals surface area contributed by atoms with E-state index in [-0.39, 0.29) is 5.92 Å². The topological polar surface area (TPSA) is 48.1 Å². The van der Waals surface area contributed by atoms with Crippen molar-refractivity contribution in [1.29, 1.82) is 0 Å². The highest BCUT2D eigenvalue weighted by Gasteiger charge is 2.16. The molecule has 114 valence electrons. The Labute approximate surface area is 138 Å². The van der Waals surface area contributed by atoms with Gasteiger partial charge in [-0.15, -0.1) is 11.3 Å². The first-order valence-corrected chi connectivity index (χ1v) is 8.28. The average molecular weight is 333 g/mol. The van der Waals surface area contributed by atoms with Gasteiger partial charge in [0.05, 0.1) is 27.4 Å². The lowest BCUT2D eigenvalue weighted by Crippen LogP contribution is -2.14. The van der Waals surface area contributed by atoms with Crippen molar-refractivity contribution >= 4 is 33.2 Å². The molecular weight excluding hydrogens is 316 g/mol. The van der Waals surface area contributed by atoms with Gasteiger partial charge in [0.2, 0.25) is 0 Å². The van der Waals surface area contributed by atoms with Gasteiger partial charge in [0.15, 0.2) is 0 Å². The number of rotatable bonds is 5. The zero-order valence-corrected chi connectivity index (χ0v) is 13.8. The van der Waals surface area contributed by atoms with Gasteiger partial charge in [-0.25, -0.2) is 4.98 Å². The van der Waals surface area contributed by atoms with Crippen LogP contribution in [0.4, 0.5) is 0 Å². The number of ether oxygens (including phenoxy) is 1. The molecule has 0 saturated carbocycles. The lowest BCUT2D eigenvalue weighted by atomic mass is 10.00. The summed E-state index contributed by atoms with van der Waals surface area (Å²) in [6, 6.07) is 14.0. The van der Waals surface area contributed by atoms with E-state index in [1.165, 1.54) is 4.70 Å². The predicted molar refractivity (Wildman–Crippen MR) is 93.1 cm³/mol. The molecule has 0 bridgehead atoms. The van der Waals surface area contributed by atoms with E-state index in [4.69, 9.17) is 27.1 Å². The number of nitrogens with zero attached hydrogens (tertiary/aromatic N) is 1. The minimum absolute atomic E-state index is 0.196. The maximum Gasteiger partial charge on any atom is 0.137 e. The summed E-state index contributed by atoms with van der Waals surface area (Å²) in [6.07, 6.45) is 0.819. The van der Waals surface area contributed by atoms with E-state index in [0.29, 0.717) is 17.3 Å². The highest BCUT2D eigenvalue weighted by Crippen LogP contribution is 2.31. The Morgan fingerprint density at radius 2 is 2.09 bits per heavy atom. The van der Waals surface area contributed by atoms with E-state index in [2.05, 4.69) is 6.07 Å². The highest BCUT2D eigenvalue weighted by molar-refractivity contribution is 7.18. The average Bonchev–Trinajstić information content (AvgIpc) is 2.96. The van der Waals surface area contributed by atoms with Gasteiger partial charge in [-0.1, -0.05) is 29.8 Å². The van der Waals surface area contributed by atoms with Gasteiger partial charge in [-0.05, 0) is 36.2 Å². The van der Waals surface area contributed by atoms with Crippen LogP contribution in [0.2, 0.25) is 5.02 Å². The molecule has 0 amide bonds. The predicted octanol–water partition coefficient (Wildman–Crippen LogP) is 4.24. The molecule has 22 heavy (non-hydrogen) atoms. The van der Waals surface area contributed by atoms with Crippen LogP contribution in [-0.2, 0) is 6.42 Å². The standard InChI is InChI=1S/C17H17ClN2OS/c1-21-15-7-6-11(9-13(15)18)8-12(10-19)17-20-14-4-2-3-5-16(14)22-17/h2-7,9,12H,8,10,19H2,1H3.